The number of rotatable bonds is 12. The van der Waals surface area contributed by atoms with E-state index >= 15 is 0 Å². The van der Waals surface area contributed by atoms with Gasteiger partial charge < -0.3 is 9.47 Å². The van der Waals surface area contributed by atoms with Gasteiger partial charge in [0.25, 0.3) is 0 Å². The van der Waals surface area contributed by atoms with Crippen molar-refractivity contribution in [3.05, 3.63) is 0 Å². The molecule has 4 aliphatic rings. The van der Waals surface area contributed by atoms with Crippen LogP contribution >= 0.6 is 0 Å². The smallest absolute Gasteiger partial charge is 0.434 e. The standard InChI is InChI=1S/C35H62O3/c1-7-8-9-10-11-23-37-33(36)38-28-19-21-34(5)27(24-28)15-16-29-31-18-17-30(26(4)14-12-13-25(2)3)35(31,6)22-20-32(29)34/h25-32H,7-24H2,1-6H3/t26-,27+,28+,29-,30+,31-,32-,34+,35+/m1/s1. The lowest BCUT2D eigenvalue weighted by Crippen LogP contribution is -2.54. The summed E-state index contributed by atoms with van der Waals surface area (Å²) < 4.78 is 11.3. The molecule has 4 fully saturated rings. The zero-order valence-electron chi connectivity index (χ0n) is 26.1. The Morgan fingerprint density at radius 3 is 2.32 bits per heavy atom. The van der Waals surface area contributed by atoms with Gasteiger partial charge in [-0.15, -0.1) is 0 Å². The molecule has 4 rings (SSSR count). The van der Waals surface area contributed by atoms with Crippen LogP contribution in [0.15, 0.2) is 0 Å². The zero-order chi connectivity index (χ0) is 27.3. The van der Waals surface area contributed by atoms with Gasteiger partial charge in [0.2, 0.25) is 0 Å². The fraction of sp³-hybridized carbons (Fsp3) is 0.971. The highest BCUT2D eigenvalue weighted by atomic mass is 16.7. The highest BCUT2D eigenvalue weighted by molar-refractivity contribution is 5.60. The van der Waals surface area contributed by atoms with E-state index in [0.717, 1.165) is 61.2 Å². The molecule has 0 heterocycles. The maximum atomic E-state index is 12.4. The van der Waals surface area contributed by atoms with Crippen molar-refractivity contribution in [1.82, 2.24) is 0 Å². The van der Waals surface area contributed by atoms with E-state index < -0.39 is 6.16 Å². The van der Waals surface area contributed by atoms with Crippen LogP contribution in [-0.4, -0.2) is 18.9 Å². The third-order valence-electron chi connectivity index (χ3n) is 12.5. The fourth-order valence-electron chi connectivity index (χ4n) is 10.4. The van der Waals surface area contributed by atoms with Crippen LogP contribution in [-0.2, 0) is 9.47 Å². The number of hydrogen-bond acceptors (Lipinski definition) is 3. The molecule has 220 valence electrons. The summed E-state index contributed by atoms with van der Waals surface area (Å²) in [6.45, 7) is 15.4. The first-order chi connectivity index (χ1) is 18.2. The highest BCUT2D eigenvalue weighted by Crippen LogP contribution is 2.68. The topological polar surface area (TPSA) is 35.5 Å². The van der Waals surface area contributed by atoms with Crippen LogP contribution in [0.25, 0.3) is 0 Å². The molecule has 0 aromatic rings. The van der Waals surface area contributed by atoms with Gasteiger partial charge in [0.1, 0.15) is 6.10 Å². The Bertz CT molecular complexity index is 747. The van der Waals surface area contributed by atoms with E-state index in [1.165, 1.54) is 83.5 Å². The van der Waals surface area contributed by atoms with E-state index in [-0.39, 0.29) is 6.10 Å². The molecule has 0 aromatic heterocycles. The molecular weight excluding hydrogens is 468 g/mol. The fourth-order valence-corrected chi connectivity index (χ4v) is 10.4. The molecule has 0 amide bonds. The predicted octanol–water partition coefficient (Wildman–Crippen LogP) is 10.6. The number of carbonyl (C=O) groups excluding carboxylic acids is 1. The van der Waals surface area contributed by atoms with Crippen molar-refractivity contribution in [2.45, 2.75) is 157 Å². The van der Waals surface area contributed by atoms with E-state index in [1.807, 2.05) is 0 Å². The molecule has 0 N–H and O–H groups in total. The lowest BCUT2D eigenvalue weighted by Gasteiger charge is -2.61. The van der Waals surface area contributed by atoms with E-state index in [4.69, 9.17) is 9.47 Å². The van der Waals surface area contributed by atoms with Gasteiger partial charge in [0, 0.05) is 0 Å². The van der Waals surface area contributed by atoms with Crippen LogP contribution in [0.1, 0.15) is 151 Å². The minimum absolute atomic E-state index is 0.0635. The first-order valence-corrected chi connectivity index (χ1v) is 17.0. The molecular formula is C35H62O3. The summed E-state index contributed by atoms with van der Waals surface area (Å²) in [5, 5.41) is 0. The van der Waals surface area contributed by atoms with Gasteiger partial charge >= 0.3 is 6.16 Å². The summed E-state index contributed by atoms with van der Waals surface area (Å²) in [6, 6.07) is 0. The van der Waals surface area contributed by atoms with Crippen LogP contribution in [0, 0.1) is 52.3 Å². The van der Waals surface area contributed by atoms with Crippen molar-refractivity contribution in [2.24, 2.45) is 52.3 Å². The number of unbranched alkanes of at least 4 members (excludes halogenated alkanes) is 4. The van der Waals surface area contributed by atoms with Crippen molar-refractivity contribution in [3.63, 3.8) is 0 Å². The second-order valence-electron chi connectivity index (χ2n) is 15.2. The maximum Gasteiger partial charge on any atom is 0.508 e. The molecule has 0 unspecified atom stereocenters. The number of hydrogen-bond donors (Lipinski definition) is 0. The maximum absolute atomic E-state index is 12.4. The van der Waals surface area contributed by atoms with Gasteiger partial charge in [-0.05, 0) is 116 Å². The third-order valence-corrected chi connectivity index (χ3v) is 12.5. The quantitative estimate of drug-likeness (QED) is 0.186. The number of ether oxygens (including phenoxy) is 2. The van der Waals surface area contributed by atoms with Crippen LogP contribution < -0.4 is 0 Å². The summed E-state index contributed by atoms with van der Waals surface area (Å²) in [6.07, 6.45) is 21.6. The Morgan fingerprint density at radius 2 is 1.55 bits per heavy atom. The average molecular weight is 531 g/mol. The molecule has 3 heteroatoms. The van der Waals surface area contributed by atoms with Crippen molar-refractivity contribution >= 4 is 6.16 Å². The molecule has 0 aliphatic heterocycles. The summed E-state index contributed by atoms with van der Waals surface area (Å²) >= 11 is 0. The molecule has 0 aromatic carbocycles. The van der Waals surface area contributed by atoms with Gasteiger partial charge in [-0.2, -0.15) is 0 Å². The average Bonchev–Trinajstić information content (AvgIpc) is 3.23. The van der Waals surface area contributed by atoms with Gasteiger partial charge in [-0.25, -0.2) is 4.79 Å². The second-order valence-corrected chi connectivity index (χ2v) is 15.2. The lowest BCUT2D eigenvalue weighted by molar-refractivity contribution is -0.132. The van der Waals surface area contributed by atoms with Crippen LogP contribution in [0.2, 0.25) is 0 Å². The summed E-state index contributed by atoms with van der Waals surface area (Å²) in [4.78, 5) is 12.4. The molecule has 9 atom stereocenters. The van der Waals surface area contributed by atoms with Crippen molar-refractivity contribution in [1.29, 1.82) is 0 Å². The van der Waals surface area contributed by atoms with Crippen LogP contribution in [0.4, 0.5) is 4.79 Å². The lowest BCUT2D eigenvalue weighted by atomic mass is 9.44. The second kappa shape index (κ2) is 13.3. The molecule has 0 saturated heterocycles. The molecule has 3 nitrogen and oxygen atoms in total. The van der Waals surface area contributed by atoms with Crippen molar-refractivity contribution < 1.29 is 14.3 Å². The SMILES string of the molecule is CCCCCCCOC(=O)O[C@H]1CC[C@@]2(C)[C@@H](CC[C@H]3[C@H]2CC[C@]2(C)[C@@H]3CC[C@H]2[C@H](C)CCCC(C)C)C1. The summed E-state index contributed by atoms with van der Waals surface area (Å²) in [5.41, 5.74) is 1.01. The Morgan fingerprint density at radius 1 is 0.816 bits per heavy atom. The third kappa shape index (κ3) is 6.59. The molecule has 0 radical (unpaired) electrons. The van der Waals surface area contributed by atoms with Gasteiger partial charge in [0.05, 0.1) is 6.61 Å². The first kappa shape index (κ1) is 30.2. The normalized spacial score (nSPS) is 39.2. The number of carbonyl (C=O) groups is 1. The van der Waals surface area contributed by atoms with E-state index in [9.17, 15) is 4.79 Å². The van der Waals surface area contributed by atoms with E-state index in [2.05, 4.69) is 41.5 Å². The summed E-state index contributed by atoms with van der Waals surface area (Å²) in [7, 11) is 0. The minimum atomic E-state index is -0.421. The highest BCUT2D eigenvalue weighted by Gasteiger charge is 2.60. The molecule has 0 bridgehead atoms. The van der Waals surface area contributed by atoms with E-state index in [0.29, 0.717) is 23.4 Å². The van der Waals surface area contributed by atoms with Crippen molar-refractivity contribution in [3.8, 4) is 0 Å². The van der Waals surface area contributed by atoms with Gasteiger partial charge in [-0.1, -0.05) is 86.5 Å². The van der Waals surface area contributed by atoms with Gasteiger partial charge in [0.15, 0.2) is 0 Å². The molecule has 0 spiro atoms. The Labute approximate surface area is 236 Å². The first-order valence-electron chi connectivity index (χ1n) is 17.0. The van der Waals surface area contributed by atoms with Gasteiger partial charge in [-0.3, -0.25) is 0 Å². The molecule has 38 heavy (non-hydrogen) atoms. The largest absolute Gasteiger partial charge is 0.508 e. The Balaban J connectivity index is 1.28. The monoisotopic (exact) mass is 530 g/mol. The Kier molecular flexibility index (Phi) is 10.6. The van der Waals surface area contributed by atoms with E-state index in [1.54, 1.807) is 0 Å². The predicted molar refractivity (Wildman–Crippen MR) is 158 cm³/mol. The van der Waals surface area contributed by atoms with Crippen LogP contribution in [0.3, 0.4) is 0 Å². The number of fused-ring (bicyclic) bond motifs is 5. The minimum Gasteiger partial charge on any atom is -0.434 e. The molecule has 4 saturated carbocycles. The molecule has 4 aliphatic carbocycles. The zero-order valence-corrected chi connectivity index (χ0v) is 26.1. The Hall–Kier alpha value is -0.730. The van der Waals surface area contributed by atoms with Crippen molar-refractivity contribution in [2.75, 3.05) is 6.61 Å². The summed E-state index contributed by atoms with van der Waals surface area (Å²) in [5.74, 6) is 6.12. The van der Waals surface area contributed by atoms with Crippen LogP contribution in [0.5, 0.6) is 0 Å².